The van der Waals surface area contributed by atoms with Crippen LogP contribution in [0.5, 0.6) is 0 Å². The zero-order valence-electron chi connectivity index (χ0n) is 5.49. The highest BCUT2D eigenvalue weighted by Crippen LogP contribution is 2.17. The normalized spacial score (nSPS) is 43.2. The number of hydrogen-bond acceptors (Lipinski definition) is 2. The van der Waals surface area contributed by atoms with Gasteiger partial charge in [-0.15, -0.1) is 0 Å². The molecule has 2 heteroatoms. The van der Waals surface area contributed by atoms with Crippen LogP contribution in [0.25, 0.3) is 0 Å². The summed E-state index contributed by atoms with van der Waals surface area (Å²) in [4.78, 5) is 0. The number of rotatable bonds is 0. The van der Waals surface area contributed by atoms with E-state index in [1.807, 2.05) is 19.1 Å². The van der Waals surface area contributed by atoms with E-state index in [1.54, 1.807) is 0 Å². The first-order valence-corrected chi connectivity index (χ1v) is 3.24. The van der Waals surface area contributed by atoms with Crippen molar-refractivity contribution < 1.29 is 10.2 Å². The lowest BCUT2D eigenvalue weighted by Gasteiger charge is -2.24. The first kappa shape index (κ1) is 6.78. The van der Waals surface area contributed by atoms with Crippen LogP contribution in [-0.2, 0) is 0 Å². The Labute approximate surface area is 54.8 Å². The monoisotopic (exact) mass is 128 g/mol. The predicted molar refractivity (Wildman–Crippen MR) is 34.9 cm³/mol. The summed E-state index contributed by atoms with van der Waals surface area (Å²) < 4.78 is 0. The van der Waals surface area contributed by atoms with Crippen LogP contribution in [0.4, 0.5) is 0 Å². The molecule has 0 amide bonds. The molecule has 0 bridgehead atoms. The zero-order chi connectivity index (χ0) is 6.85. The van der Waals surface area contributed by atoms with Crippen LogP contribution in [0, 0.1) is 5.92 Å². The van der Waals surface area contributed by atoms with Gasteiger partial charge in [0, 0.05) is 5.92 Å². The van der Waals surface area contributed by atoms with Crippen molar-refractivity contribution in [2.45, 2.75) is 25.6 Å². The van der Waals surface area contributed by atoms with E-state index >= 15 is 0 Å². The lowest BCUT2D eigenvalue weighted by Crippen LogP contribution is -2.33. The molecule has 0 heterocycles. The van der Waals surface area contributed by atoms with Gasteiger partial charge in [-0.3, -0.25) is 0 Å². The summed E-state index contributed by atoms with van der Waals surface area (Å²) in [6, 6.07) is 0. The zero-order valence-corrected chi connectivity index (χ0v) is 5.49. The van der Waals surface area contributed by atoms with Crippen LogP contribution in [0.2, 0.25) is 0 Å². The molecule has 0 saturated heterocycles. The molecule has 0 aromatic rings. The van der Waals surface area contributed by atoms with Gasteiger partial charge < -0.3 is 10.2 Å². The average Bonchev–Trinajstić information content (AvgIpc) is 1.83. The van der Waals surface area contributed by atoms with Crippen molar-refractivity contribution in [3.8, 4) is 0 Å². The minimum Gasteiger partial charge on any atom is -0.390 e. The van der Waals surface area contributed by atoms with E-state index < -0.39 is 12.2 Å². The average molecular weight is 128 g/mol. The standard InChI is InChI=1S/C7H12O2/c1-5-3-2-4-6(8)7(5)9/h2-3,5-9H,4H2,1H3/t5-,6-,7+/m0/s1. The maximum atomic E-state index is 9.14. The van der Waals surface area contributed by atoms with Gasteiger partial charge in [-0.1, -0.05) is 19.1 Å². The topological polar surface area (TPSA) is 40.5 Å². The molecule has 1 rings (SSSR count). The molecule has 0 fully saturated rings. The largest absolute Gasteiger partial charge is 0.390 e. The Kier molecular flexibility index (Phi) is 1.88. The van der Waals surface area contributed by atoms with E-state index in [1.165, 1.54) is 0 Å². The van der Waals surface area contributed by atoms with Crippen molar-refractivity contribution >= 4 is 0 Å². The second kappa shape index (κ2) is 2.50. The summed E-state index contributed by atoms with van der Waals surface area (Å²) in [5.74, 6) is 0.105. The molecular weight excluding hydrogens is 116 g/mol. The maximum absolute atomic E-state index is 9.14. The first-order chi connectivity index (χ1) is 4.22. The van der Waals surface area contributed by atoms with Gasteiger partial charge >= 0.3 is 0 Å². The van der Waals surface area contributed by atoms with Crippen molar-refractivity contribution in [2.24, 2.45) is 5.92 Å². The van der Waals surface area contributed by atoms with Crippen molar-refractivity contribution in [1.82, 2.24) is 0 Å². The number of aliphatic hydroxyl groups is 2. The molecular formula is C7H12O2. The molecule has 0 aromatic heterocycles. The smallest absolute Gasteiger partial charge is 0.0861 e. The second-order valence-corrected chi connectivity index (χ2v) is 2.58. The van der Waals surface area contributed by atoms with E-state index in [-0.39, 0.29) is 5.92 Å². The highest BCUT2D eigenvalue weighted by Gasteiger charge is 2.22. The van der Waals surface area contributed by atoms with Gasteiger partial charge in [0.15, 0.2) is 0 Å². The Hall–Kier alpha value is -0.340. The van der Waals surface area contributed by atoms with Crippen LogP contribution in [-0.4, -0.2) is 22.4 Å². The number of hydrogen-bond donors (Lipinski definition) is 2. The fourth-order valence-electron chi connectivity index (χ4n) is 1.04. The van der Waals surface area contributed by atoms with Gasteiger partial charge in [0.05, 0.1) is 12.2 Å². The van der Waals surface area contributed by atoms with Gasteiger partial charge in [-0.05, 0) is 6.42 Å². The summed E-state index contributed by atoms with van der Waals surface area (Å²) in [7, 11) is 0. The molecule has 0 aromatic carbocycles. The molecule has 1 aliphatic carbocycles. The SMILES string of the molecule is C[C@H]1C=CC[C@H](O)[C@@H]1O. The Morgan fingerprint density at radius 1 is 1.44 bits per heavy atom. The van der Waals surface area contributed by atoms with E-state index in [2.05, 4.69) is 0 Å². The third-order valence-electron chi connectivity index (χ3n) is 1.75. The molecule has 0 saturated carbocycles. The van der Waals surface area contributed by atoms with Crippen LogP contribution in [0.1, 0.15) is 13.3 Å². The Morgan fingerprint density at radius 3 is 2.56 bits per heavy atom. The van der Waals surface area contributed by atoms with Crippen molar-refractivity contribution in [3.63, 3.8) is 0 Å². The molecule has 2 N–H and O–H groups in total. The van der Waals surface area contributed by atoms with E-state index in [4.69, 9.17) is 10.2 Å². The van der Waals surface area contributed by atoms with E-state index in [0.29, 0.717) is 6.42 Å². The second-order valence-electron chi connectivity index (χ2n) is 2.58. The minimum absolute atomic E-state index is 0.105. The highest BCUT2D eigenvalue weighted by molar-refractivity contribution is 4.99. The van der Waals surface area contributed by atoms with Crippen LogP contribution >= 0.6 is 0 Å². The van der Waals surface area contributed by atoms with E-state index in [0.717, 1.165) is 0 Å². The molecule has 9 heavy (non-hydrogen) atoms. The maximum Gasteiger partial charge on any atom is 0.0861 e. The van der Waals surface area contributed by atoms with Crippen LogP contribution in [0.15, 0.2) is 12.2 Å². The molecule has 2 nitrogen and oxygen atoms in total. The van der Waals surface area contributed by atoms with Gasteiger partial charge in [0.25, 0.3) is 0 Å². The third kappa shape index (κ3) is 1.32. The van der Waals surface area contributed by atoms with Gasteiger partial charge in [0.2, 0.25) is 0 Å². The van der Waals surface area contributed by atoms with Crippen molar-refractivity contribution in [1.29, 1.82) is 0 Å². The fourth-order valence-corrected chi connectivity index (χ4v) is 1.04. The highest BCUT2D eigenvalue weighted by atomic mass is 16.3. The fraction of sp³-hybridized carbons (Fsp3) is 0.714. The molecule has 1 aliphatic rings. The van der Waals surface area contributed by atoms with E-state index in [9.17, 15) is 0 Å². The summed E-state index contributed by atoms with van der Waals surface area (Å²) in [5.41, 5.74) is 0. The summed E-state index contributed by atoms with van der Waals surface area (Å²) in [6.45, 7) is 1.89. The summed E-state index contributed by atoms with van der Waals surface area (Å²) in [6.07, 6.45) is 3.31. The Morgan fingerprint density at radius 2 is 2.11 bits per heavy atom. The minimum atomic E-state index is -0.560. The lowest BCUT2D eigenvalue weighted by atomic mass is 9.92. The van der Waals surface area contributed by atoms with Crippen LogP contribution < -0.4 is 0 Å². The van der Waals surface area contributed by atoms with Crippen molar-refractivity contribution in [3.05, 3.63) is 12.2 Å². The number of aliphatic hydroxyl groups excluding tert-OH is 2. The molecule has 0 unspecified atom stereocenters. The summed E-state index contributed by atoms with van der Waals surface area (Å²) in [5, 5.41) is 18.2. The Bertz CT molecular complexity index is 120. The predicted octanol–water partition coefficient (Wildman–Crippen LogP) is 0.304. The van der Waals surface area contributed by atoms with Gasteiger partial charge in [-0.25, -0.2) is 0 Å². The lowest BCUT2D eigenvalue weighted by molar-refractivity contribution is -0.00470. The van der Waals surface area contributed by atoms with Crippen molar-refractivity contribution in [2.75, 3.05) is 0 Å². The van der Waals surface area contributed by atoms with Gasteiger partial charge in [0.1, 0.15) is 0 Å². The molecule has 0 radical (unpaired) electrons. The first-order valence-electron chi connectivity index (χ1n) is 3.24. The van der Waals surface area contributed by atoms with Crippen LogP contribution in [0.3, 0.4) is 0 Å². The molecule has 3 atom stereocenters. The molecule has 0 aliphatic heterocycles. The molecule has 52 valence electrons. The third-order valence-corrected chi connectivity index (χ3v) is 1.75. The molecule has 0 spiro atoms. The quantitative estimate of drug-likeness (QED) is 0.461. The summed E-state index contributed by atoms with van der Waals surface area (Å²) >= 11 is 0. The Balaban J connectivity index is 2.58. The van der Waals surface area contributed by atoms with Gasteiger partial charge in [-0.2, -0.15) is 0 Å².